The van der Waals surface area contributed by atoms with E-state index in [0.717, 1.165) is 39.6 Å². The van der Waals surface area contributed by atoms with E-state index in [2.05, 4.69) is 28.5 Å². The van der Waals surface area contributed by atoms with Crippen LogP contribution in [0.4, 0.5) is 0 Å². The van der Waals surface area contributed by atoms with Crippen molar-refractivity contribution in [1.82, 2.24) is 20.3 Å². The third-order valence-corrected chi connectivity index (χ3v) is 7.82. The van der Waals surface area contributed by atoms with Gasteiger partial charge in [0.25, 0.3) is 0 Å². The van der Waals surface area contributed by atoms with Gasteiger partial charge in [0.05, 0.1) is 32.9 Å². The predicted octanol–water partition coefficient (Wildman–Crippen LogP) is 5.74. The highest BCUT2D eigenvalue weighted by Gasteiger charge is 2.33. The molecule has 1 N–H and O–H groups in total. The maximum Gasteiger partial charge on any atom is 0.224 e. The smallest absolute Gasteiger partial charge is 0.224 e. The van der Waals surface area contributed by atoms with E-state index in [4.69, 9.17) is 9.97 Å². The molecule has 5 rings (SSSR count). The summed E-state index contributed by atoms with van der Waals surface area (Å²) in [7, 11) is 0. The minimum Gasteiger partial charge on any atom is -0.347 e. The van der Waals surface area contributed by atoms with E-state index in [1.807, 2.05) is 42.6 Å². The molecule has 4 aromatic rings. The Bertz CT molecular complexity index is 1200. The minimum atomic E-state index is -0.144. The van der Waals surface area contributed by atoms with Crippen LogP contribution in [0, 0.1) is 5.92 Å². The number of carbonyl (C=O) groups excluding carboxylic acids is 1. The zero-order valence-corrected chi connectivity index (χ0v) is 18.7. The largest absolute Gasteiger partial charge is 0.347 e. The molecule has 0 bridgehead atoms. The zero-order chi connectivity index (χ0) is 21.2. The molecule has 31 heavy (non-hydrogen) atoms. The molecule has 1 aliphatic carbocycles. The van der Waals surface area contributed by atoms with Gasteiger partial charge in [0.2, 0.25) is 5.91 Å². The molecular weight excluding hydrogens is 424 g/mol. The van der Waals surface area contributed by atoms with E-state index < -0.39 is 0 Å². The number of nitrogens with zero attached hydrogens (tertiary/aromatic N) is 3. The Balaban J connectivity index is 1.32. The molecule has 0 saturated heterocycles. The first-order chi connectivity index (χ1) is 15.2. The number of nitrogens with one attached hydrogen (secondary N) is 1. The molecule has 156 valence electrons. The van der Waals surface area contributed by atoms with Crippen LogP contribution < -0.4 is 5.32 Å². The molecule has 3 heterocycles. The molecule has 1 aromatic carbocycles. The van der Waals surface area contributed by atoms with E-state index in [9.17, 15) is 4.79 Å². The number of hydrogen-bond donors (Lipinski definition) is 1. The molecule has 1 aliphatic rings. The number of carbonyl (C=O) groups is 1. The number of fused-ring (bicyclic) bond motifs is 1. The highest BCUT2D eigenvalue weighted by molar-refractivity contribution is 7.18. The van der Waals surface area contributed by atoms with Crippen molar-refractivity contribution in [3.05, 3.63) is 76.3 Å². The lowest BCUT2D eigenvalue weighted by Crippen LogP contribution is -2.36. The zero-order valence-electron chi connectivity index (χ0n) is 17.1. The fourth-order valence-electron chi connectivity index (χ4n) is 3.95. The van der Waals surface area contributed by atoms with Crippen molar-refractivity contribution in [3.63, 3.8) is 0 Å². The Morgan fingerprint density at radius 2 is 1.90 bits per heavy atom. The summed E-state index contributed by atoms with van der Waals surface area (Å²) in [6.07, 6.45) is 9.39. The quantitative estimate of drug-likeness (QED) is 0.397. The molecule has 0 aliphatic heterocycles. The van der Waals surface area contributed by atoms with Gasteiger partial charge in [-0.1, -0.05) is 24.3 Å². The number of thiazole rings is 2. The highest BCUT2D eigenvalue weighted by atomic mass is 32.1. The van der Waals surface area contributed by atoms with Gasteiger partial charge in [0, 0.05) is 29.3 Å². The SMILES string of the molecule is CC(NC(=O)C1CC=CCC1c1nc2ccccc2s1)c1nc(-c2ccncc2)cs1. The van der Waals surface area contributed by atoms with Crippen LogP contribution in [0.2, 0.25) is 0 Å². The molecule has 1 amide bonds. The van der Waals surface area contributed by atoms with E-state index in [1.54, 1.807) is 35.1 Å². The average molecular weight is 447 g/mol. The lowest BCUT2D eigenvalue weighted by atomic mass is 9.82. The van der Waals surface area contributed by atoms with Crippen LogP contribution in [-0.2, 0) is 4.79 Å². The Kier molecular flexibility index (Phi) is 5.61. The van der Waals surface area contributed by atoms with Gasteiger partial charge in [-0.2, -0.15) is 0 Å². The number of hydrogen-bond acceptors (Lipinski definition) is 6. The van der Waals surface area contributed by atoms with Gasteiger partial charge < -0.3 is 5.32 Å². The lowest BCUT2D eigenvalue weighted by molar-refractivity contribution is -0.126. The molecule has 3 atom stereocenters. The molecule has 0 saturated carbocycles. The molecule has 0 spiro atoms. The maximum absolute atomic E-state index is 13.3. The van der Waals surface area contributed by atoms with Gasteiger partial charge in [0.15, 0.2) is 0 Å². The van der Waals surface area contributed by atoms with Crippen LogP contribution in [0.15, 0.2) is 66.3 Å². The molecule has 0 fully saturated rings. The second-order valence-corrected chi connectivity index (χ2v) is 9.66. The number of para-hydroxylation sites is 1. The van der Waals surface area contributed by atoms with Gasteiger partial charge >= 0.3 is 0 Å². The second kappa shape index (κ2) is 8.69. The van der Waals surface area contributed by atoms with Crippen LogP contribution in [-0.4, -0.2) is 20.9 Å². The molecule has 3 aromatic heterocycles. The molecule has 3 unspecified atom stereocenters. The van der Waals surface area contributed by atoms with E-state index >= 15 is 0 Å². The summed E-state index contributed by atoms with van der Waals surface area (Å²) in [5.41, 5.74) is 2.96. The van der Waals surface area contributed by atoms with E-state index in [0.29, 0.717) is 0 Å². The van der Waals surface area contributed by atoms with Crippen LogP contribution in [0.25, 0.3) is 21.5 Å². The van der Waals surface area contributed by atoms with Gasteiger partial charge in [-0.25, -0.2) is 9.97 Å². The number of aromatic nitrogens is 3. The summed E-state index contributed by atoms with van der Waals surface area (Å²) in [5, 5.41) is 7.19. The molecule has 5 nitrogen and oxygen atoms in total. The fourth-order valence-corrected chi connectivity index (χ4v) is 5.93. The summed E-state index contributed by atoms with van der Waals surface area (Å²) in [6, 6.07) is 11.9. The first-order valence-corrected chi connectivity index (χ1v) is 12.1. The third-order valence-electron chi connectivity index (χ3n) is 5.62. The van der Waals surface area contributed by atoms with Gasteiger partial charge in [-0.15, -0.1) is 22.7 Å². The highest BCUT2D eigenvalue weighted by Crippen LogP contribution is 2.39. The summed E-state index contributed by atoms with van der Waals surface area (Å²) >= 11 is 3.27. The number of rotatable bonds is 5. The van der Waals surface area contributed by atoms with Crippen molar-refractivity contribution in [1.29, 1.82) is 0 Å². The van der Waals surface area contributed by atoms with Crippen LogP contribution >= 0.6 is 22.7 Å². The standard InChI is InChI=1S/C24H22N4OS2/c1-15(23-28-20(14-30-23)16-10-12-25-13-11-16)26-22(29)17-6-2-3-7-18(17)24-27-19-8-4-5-9-21(19)31-24/h2-5,8-15,17-18H,6-7H2,1H3,(H,26,29). The second-order valence-electron chi connectivity index (χ2n) is 7.71. The third kappa shape index (κ3) is 4.16. The van der Waals surface area contributed by atoms with Gasteiger partial charge in [-0.3, -0.25) is 9.78 Å². The van der Waals surface area contributed by atoms with Crippen LogP contribution in [0.5, 0.6) is 0 Å². The summed E-state index contributed by atoms with van der Waals surface area (Å²) in [6.45, 7) is 2.00. The summed E-state index contributed by atoms with van der Waals surface area (Å²) in [5.74, 6) is 0.0627. The Morgan fingerprint density at radius 3 is 2.74 bits per heavy atom. The first kappa shape index (κ1) is 20.0. The number of benzene rings is 1. The number of allylic oxidation sites excluding steroid dienone is 2. The van der Waals surface area contributed by atoms with E-state index in [1.165, 1.54) is 4.70 Å². The van der Waals surface area contributed by atoms with Crippen molar-refractivity contribution in [2.45, 2.75) is 31.7 Å². The fraction of sp³-hybridized carbons (Fsp3) is 0.250. The van der Waals surface area contributed by atoms with Crippen molar-refractivity contribution in [2.75, 3.05) is 0 Å². The van der Waals surface area contributed by atoms with Crippen molar-refractivity contribution < 1.29 is 4.79 Å². The lowest BCUT2D eigenvalue weighted by Gasteiger charge is -2.27. The topological polar surface area (TPSA) is 67.8 Å². The minimum absolute atomic E-state index is 0.0711. The summed E-state index contributed by atoms with van der Waals surface area (Å²) < 4.78 is 1.17. The first-order valence-electron chi connectivity index (χ1n) is 10.4. The molecular formula is C24H22N4OS2. The monoisotopic (exact) mass is 446 g/mol. The Hall–Kier alpha value is -2.90. The maximum atomic E-state index is 13.3. The normalized spacial score (nSPS) is 19.4. The number of amides is 1. The molecule has 7 heteroatoms. The van der Waals surface area contributed by atoms with Crippen LogP contribution in [0.3, 0.4) is 0 Å². The van der Waals surface area contributed by atoms with Gasteiger partial charge in [-0.05, 0) is 44.0 Å². The van der Waals surface area contributed by atoms with Crippen molar-refractivity contribution in [2.24, 2.45) is 5.92 Å². The Labute approximate surface area is 188 Å². The Morgan fingerprint density at radius 1 is 1.10 bits per heavy atom. The van der Waals surface area contributed by atoms with Crippen molar-refractivity contribution in [3.8, 4) is 11.3 Å². The average Bonchev–Trinajstić information content (AvgIpc) is 3.47. The predicted molar refractivity (Wildman–Crippen MR) is 126 cm³/mol. The van der Waals surface area contributed by atoms with Crippen molar-refractivity contribution >= 4 is 38.8 Å². The van der Waals surface area contributed by atoms with Crippen LogP contribution in [0.1, 0.15) is 41.7 Å². The number of pyridine rings is 1. The van der Waals surface area contributed by atoms with Gasteiger partial charge in [0.1, 0.15) is 5.01 Å². The van der Waals surface area contributed by atoms with E-state index in [-0.39, 0.29) is 23.8 Å². The summed E-state index contributed by atoms with van der Waals surface area (Å²) in [4.78, 5) is 26.9. The molecule has 0 radical (unpaired) electrons.